The quantitative estimate of drug-likeness (QED) is 0.550. The molecule has 0 amide bonds. The highest BCUT2D eigenvalue weighted by Gasteiger charge is 2.29. The molecule has 0 saturated heterocycles. The third-order valence-corrected chi connectivity index (χ3v) is 5.33. The van der Waals surface area contributed by atoms with Crippen LogP contribution >= 0.6 is 0 Å². The molecule has 9 heteroatoms. The standard InChI is InChI=1S/C16H14N4O4S/c1-17-16-15(20(21)22)12(14-13(19-16)8-5-9-18-14)10-25(23,24)11-6-3-2-4-7-11/h2-9H,10H2,1H3,(H,17,19). The molecule has 0 spiro atoms. The number of hydrogen-bond donors (Lipinski definition) is 1. The van der Waals surface area contributed by atoms with Crippen LogP contribution < -0.4 is 5.32 Å². The Morgan fingerprint density at radius 3 is 2.52 bits per heavy atom. The summed E-state index contributed by atoms with van der Waals surface area (Å²) in [6.07, 6.45) is 1.45. The van der Waals surface area contributed by atoms with Crippen molar-refractivity contribution in [2.75, 3.05) is 12.4 Å². The first kappa shape index (κ1) is 16.8. The summed E-state index contributed by atoms with van der Waals surface area (Å²) in [6, 6.07) is 11.1. The van der Waals surface area contributed by atoms with E-state index in [4.69, 9.17) is 0 Å². The number of nitro groups is 1. The minimum absolute atomic E-state index is 0.00348. The predicted molar refractivity (Wildman–Crippen MR) is 93.1 cm³/mol. The van der Waals surface area contributed by atoms with Crippen LogP contribution in [-0.2, 0) is 15.6 Å². The lowest BCUT2D eigenvalue weighted by Gasteiger charge is -2.11. The van der Waals surface area contributed by atoms with Gasteiger partial charge in [-0.15, -0.1) is 0 Å². The largest absolute Gasteiger partial charge is 0.367 e. The normalized spacial score (nSPS) is 11.4. The van der Waals surface area contributed by atoms with E-state index in [-0.39, 0.29) is 27.5 Å². The Morgan fingerprint density at radius 1 is 1.16 bits per heavy atom. The molecule has 2 aromatic heterocycles. The van der Waals surface area contributed by atoms with Crippen molar-refractivity contribution in [2.24, 2.45) is 0 Å². The summed E-state index contributed by atoms with van der Waals surface area (Å²) in [5.41, 5.74) is 0.223. The molecule has 2 heterocycles. The molecule has 0 fully saturated rings. The van der Waals surface area contributed by atoms with Gasteiger partial charge in [0.2, 0.25) is 5.82 Å². The fourth-order valence-corrected chi connectivity index (χ4v) is 3.95. The Morgan fingerprint density at radius 2 is 1.88 bits per heavy atom. The SMILES string of the molecule is CNc1nc2cccnc2c(CS(=O)(=O)c2ccccc2)c1[N+](=O)[O-]. The number of nitrogens with zero attached hydrogens (tertiary/aromatic N) is 3. The van der Waals surface area contributed by atoms with Gasteiger partial charge >= 0.3 is 5.69 Å². The van der Waals surface area contributed by atoms with Gasteiger partial charge in [0.15, 0.2) is 9.84 Å². The summed E-state index contributed by atoms with van der Waals surface area (Å²) >= 11 is 0. The minimum Gasteiger partial charge on any atom is -0.367 e. The molecule has 3 aromatic rings. The lowest BCUT2D eigenvalue weighted by molar-refractivity contribution is -0.384. The molecule has 1 aromatic carbocycles. The highest BCUT2D eigenvalue weighted by Crippen LogP contribution is 2.34. The lowest BCUT2D eigenvalue weighted by atomic mass is 10.1. The van der Waals surface area contributed by atoms with Gasteiger partial charge in [-0.3, -0.25) is 15.1 Å². The number of fused-ring (bicyclic) bond motifs is 1. The van der Waals surface area contributed by atoms with E-state index in [0.29, 0.717) is 5.52 Å². The summed E-state index contributed by atoms with van der Waals surface area (Å²) in [4.78, 5) is 19.3. The summed E-state index contributed by atoms with van der Waals surface area (Å²) in [6.45, 7) is 0. The first-order chi connectivity index (χ1) is 11.9. The number of hydrogen-bond acceptors (Lipinski definition) is 7. The number of benzene rings is 1. The van der Waals surface area contributed by atoms with E-state index in [1.54, 1.807) is 30.3 Å². The highest BCUT2D eigenvalue weighted by atomic mass is 32.2. The molecule has 0 bridgehead atoms. The van der Waals surface area contributed by atoms with Gasteiger partial charge in [0, 0.05) is 13.2 Å². The van der Waals surface area contributed by atoms with E-state index >= 15 is 0 Å². The zero-order valence-electron chi connectivity index (χ0n) is 13.2. The van der Waals surface area contributed by atoms with E-state index in [9.17, 15) is 18.5 Å². The number of rotatable bonds is 5. The summed E-state index contributed by atoms with van der Waals surface area (Å²) in [5.74, 6) is -0.540. The molecule has 8 nitrogen and oxygen atoms in total. The molecule has 128 valence electrons. The molecule has 0 radical (unpaired) electrons. The van der Waals surface area contributed by atoms with Crippen molar-refractivity contribution in [1.82, 2.24) is 9.97 Å². The van der Waals surface area contributed by atoms with Crippen molar-refractivity contribution in [3.05, 3.63) is 64.3 Å². The maximum atomic E-state index is 12.7. The van der Waals surface area contributed by atoms with Crippen molar-refractivity contribution in [3.8, 4) is 0 Å². The molecular weight excluding hydrogens is 344 g/mol. The molecule has 0 unspecified atom stereocenters. The number of anilines is 1. The van der Waals surface area contributed by atoms with E-state index in [1.807, 2.05) is 0 Å². The van der Waals surface area contributed by atoms with Crippen molar-refractivity contribution < 1.29 is 13.3 Å². The second-order valence-electron chi connectivity index (χ2n) is 5.24. The molecule has 0 aliphatic heterocycles. The van der Waals surface area contributed by atoms with Gasteiger partial charge in [-0.05, 0) is 24.3 Å². The van der Waals surface area contributed by atoms with E-state index in [2.05, 4.69) is 15.3 Å². The van der Waals surface area contributed by atoms with Gasteiger partial charge in [0.25, 0.3) is 0 Å². The van der Waals surface area contributed by atoms with Crippen molar-refractivity contribution in [1.29, 1.82) is 0 Å². The zero-order valence-corrected chi connectivity index (χ0v) is 14.0. The Bertz CT molecular complexity index is 1050. The third-order valence-electron chi connectivity index (χ3n) is 3.67. The molecule has 3 rings (SSSR count). The van der Waals surface area contributed by atoms with Crippen LogP contribution in [0.1, 0.15) is 5.56 Å². The average molecular weight is 358 g/mol. The average Bonchev–Trinajstić information content (AvgIpc) is 2.61. The predicted octanol–water partition coefficient (Wildman–Crippen LogP) is 2.55. The molecule has 0 atom stereocenters. The second-order valence-corrected chi connectivity index (χ2v) is 7.23. The molecule has 25 heavy (non-hydrogen) atoms. The number of nitrogens with one attached hydrogen (secondary N) is 1. The molecule has 0 aliphatic rings. The fourth-order valence-electron chi connectivity index (χ4n) is 2.56. The second kappa shape index (κ2) is 6.44. The first-order valence-corrected chi connectivity index (χ1v) is 8.97. The minimum atomic E-state index is -3.79. The Kier molecular flexibility index (Phi) is 4.32. The van der Waals surface area contributed by atoms with Crippen molar-refractivity contribution in [3.63, 3.8) is 0 Å². The summed E-state index contributed by atoms with van der Waals surface area (Å²) in [5, 5.41) is 14.2. The van der Waals surface area contributed by atoms with Crippen molar-refractivity contribution in [2.45, 2.75) is 10.6 Å². The molecule has 1 N–H and O–H groups in total. The summed E-state index contributed by atoms with van der Waals surface area (Å²) in [7, 11) is -2.29. The van der Waals surface area contributed by atoms with Crippen LogP contribution in [0.15, 0.2) is 53.6 Å². The smallest absolute Gasteiger partial charge is 0.317 e. The van der Waals surface area contributed by atoms with Crippen LogP contribution in [0.4, 0.5) is 11.5 Å². The maximum absolute atomic E-state index is 12.7. The maximum Gasteiger partial charge on any atom is 0.317 e. The third kappa shape index (κ3) is 3.13. The number of pyridine rings is 2. The van der Waals surface area contributed by atoms with Crippen molar-refractivity contribution >= 4 is 32.4 Å². The van der Waals surface area contributed by atoms with Crippen LogP contribution in [0.2, 0.25) is 0 Å². The van der Waals surface area contributed by atoms with E-state index in [1.165, 1.54) is 25.4 Å². The first-order valence-electron chi connectivity index (χ1n) is 7.31. The monoisotopic (exact) mass is 358 g/mol. The molecule has 0 saturated carbocycles. The van der Waals surface area contributed by atoms with Gasteiger partial charge in [-0.1, -0.05) is 18.2 Å². The van der Waals surface area contributed by atoms with E-state index in [0.717, 1.165) is 0 Å². The van der Waals surface area contributed by atoms with Gasteiger partial charge < -0.3 is 5.32 Å². The fraction of sp³-hybridized carbons (Fsp3) is 0.125. The van der Waals surface area contributed by atoms with Gasteiger partial charge in [0.05, 0.1) is 32.2 Å². The topological polar surface area (TPSA) is 115 Å². The Hall–Kier alpha value is -3.07. The molecule has 0 aliphatic carbocycles. The van der Waals surface area contributed by atoms with Crippen LogP contribution in [0, 0.1) is 10.1 Å². The Labute approximate surface area is 143 Å². The van der Waals surface area contributed by atoms with Crippen LogP contribution in [0.3, 0.4) is 0 Å². The van der Waals surface area contributed by atoms with Crippen LogP contribution in [0.25, 0.3) is 11.0 Å². The van der Waals surface area contributed by atoms with Crippen LogP contribution in [0.5, 0.6) is 0 Å². The number of sulfone groups is 1. The number of aromatic nitrogens is 2. The van der Waals surface area contributed by atoms with Gasteiger partial charge in [0.1, 0.15) is 0 Å². The van der Waals surface area contributed by atoms with E-state index < -0.39 is 20.5 Å². The van der Waals surface area contributed by atoms with Gasteiger partial charge in [-0.2, -0.15) is 0 Å². The van der Waals surface area contributed by atoms with Crippen LogP contribution in [-0.4, -0.2) is 30.4 Å². The zero-order chi connectivity index (χ0) is 18.0. The van der Waals surface area contributed by atoms with Gasteiger partial charge in [-0.25, -0.2) is 13.4 Å². The lowest BCUT2D eigenvalue weighted by Crippen LogP contribution is -2.11. The highest BCUT2D eigenvalue weighted by molar-refractivity contribution is 7.90. The summed E-state index contributed by atoms with van der Waals surface area (Å²) < 4.78 is 25.5. The molecular formula is C16H14N4O4S. The Balaban J connectivity index is 2.27.